The third kappa shape index (κ3) is 3.82. The van der Waals surface area contributed by atoms with Gasteiger partial charge in [0.25, 0.3) is 0 Å². The van der Waals surface area contributed by atoms with Crippen molar-refractivity contribution in [2.45, 2.75) is 31.5 Å². The molecule has 0 rings (SSSR count). The van der Waals surface area contributed by atoms with Crippen LogP contribution in [0.25, 0.3) is 0 Å². The van der Waals surface area contributed by atoms with E-state index in [1.165, 1.54) is 0 Å². The smallest absolute Gasteiger partial charge is 0.0800 e. The third-order valence-electron chi connectivity index (χ3n) is 1.40. The molecule has 2 atom stereocenters. The molecule has 3 N–H and O–H groups in total. The Morgan fingerprint density at radius 1 is 1.20 bits per heavy atom. The third-order valence-corrected chi connectivity index (χ3v) is 1.40. The predicted octanol–water partition coefficient (Wildman–Crippen LogP) is -0.295. The summed E-state index contributed by atoms with van der Waals surface area (Å²) in [6.45, 7) is 3.50. The van der Waals surface area contributed by atoms with Crippen LogP contribution in [0.2, 0.25) is 0 Å². The van der Waals surface area contributed by atoms with E-state index in [0.29, 0.717) is 19.3 Å². The second-order valence-corrected chi connectivity index (χ2v) is 2.29. The lowest BCUT2D eigenvalue weighted by Crippen LogP contribution is -2.25. The number of hydrogen-bond acceptors (Lipinski definition) is 3. The fourth-order valence-corrected chi connectivity index (χ4v) is 0.685. The second-order valence-electron chi connectivity index (χ2n) is 2.29. The highest BCUT2D eigenvalue weighted by molar-refractivity contribution is 4.67. The molecule has 61 valence electrons. The summed E-state index contributed by atoms with van der Waals surface area (Å²) in [6.07, 6.45) is -0.200. The van der Waals surface area contributed by atoms with Crippen molar-refractivity contribution in [3.05, 3.63) is 6.92 Å². The van der Waals surface area contributed by atoms with Crippen LogP contribution >= 0.6 is 0 Å². The predicted molar refractivity (Wildman–Crippen MR) is 38.3 cm³/mol. The normalized spacial score (nSPS) is 16.8. The lowest BCUT2D eigenvalue weighted by atomic mass is 10.1. The van der Waals surface area contributed by atoms with E-state index in [0.717, 1.165) is 0 Å². The summed E-state index contributed by atoms with van der Waals surface area (Å²) in [4.78, 5) is 0. The Labute approximate surface area is 61.3 Å². The molecular formula is C7H15O3. The molecule has 0 heterocycles. The summed E-state index contributed by atoms with van der Waals surface area (Å²) < 4.78 is 0. The average Bonchev–Trinajstić information content (AvgIpc) is 1.98. The minimum Gasteiger partial charge on any atom is -0.396 e. The molecule has 0 aliphatic heterocycles. The lowest BCUT2D eigenvalue weighted by molar-refractivity contribution is 0.0128. The molecule has 10 heavy (non-hydrogen) atoms. The molecular weight excluding hydrogens is 132 g/mol. The molecule has 0 aromatic carbocycles. The van der Waals surface area contributed by atoms with Crippen molar-refractivity contribution in [2.24, 2.45) is 0 Å². The van der Waals surface area contributed by atoms with Gasteiger partial charge in [0.2, 0.25) is 0 Å². The molecule has 0 aliphatic carbocycles. The standard InChI is InChI=1S/C7H15O3/c1-2-6(9)7(10)4-3-5-8/h6-10H,1-5H2. The van der Waals surface area contributed by atoms with Crippen LogP contribution in [0.5, 0.6) is 0 Å². The minimum atomic E-state index is -0.744. The number of hydrogen-bond donors (Lipinski definition) is 3. The van der Waals surface area contributed by atoms with Crippen LogP contribution in [0.4, 0.5) is 0 Å². The Kier molecular flexibility index (Phi) is 5.58. The Morgan fingerprint density at radius 3 is 2.20 bits per heavy atom. The molecule has 0 spiro atoms. The second kappa shape index (κ2) is 5.65. The van der Waals surface area contributed by atoms with Crippen molar-refractivity contribution in [1.29, 1.82) is 0 Å². The number of aliphatic hydroxyl groups excluding tert-OH is 3. The summed E-state index contributed by atoms with van der Waals surface area (Å²) in [5, 5.41) is 26.4. The van der Waals surface area contributed by atoms with Gasteiger partial charge in [0.1, 0.15) is 0 Å². The maximum atomic E-state index is 9.05. The van der Waals surface area contributed by atoms with Gasteiger partial charge in [0, 0.05) is 6.61 Å². The summed E-state index contributed by atoms with van der Waals surface area (Å²) >= 11 is 0. The molecule has 3 heteroatoms. The van der Waals surface area contributed by atoms with Gasteiger partial charge in [-0.1, -0.05) is 6.92 Å². The van der Waals surface area contributed by atoms with Crippen LogP contribution < -0.4 is 0 Å². The van der Waals surface area contributed by atoms with Gasteiger partial charge in [-0.05, 0) is 19.3 Å². The van der Waals surface area contributed by atoms with Crippen molar-refractivity contribution in [3.8, 4) is 0 Å². The van der Waals surface area contributed by atoms with Crippen molar-refractivity contribution in [1.82, 2.24) is 0 Å². The van der Waals surface area contributed by atoms with E-state index in [2.05, 4.69) is 6.92 Å². The van der Waals surface area contributed by atoms with Crippen molar-refractivity contribution in [2.75, 3.05) is 6.61 Å². The molecule has 0 fully saturated rings. The Hall–Kier alpha value is -0.120. The van der Waals surface area contributed by atoms with Gasteiger partial charge in [0.05, 0.1) is 12.2 Å². The summed E-state index contributed by atoms with van der Waals surface area (Å²) in [5.41, 5.74) is 0. The van der Waals surface area contributed by atoms with Gasteiger partial charge in [-0.15, -0.1) is 0 Å². The minimum absolute atomic E-state index is 0.0565. The first-order chi connectivity index (χ1) is 4.72. The molecule has 2 unspecified atom stereocenters. The lowest BCUT2D eigenvalue weighted by Gasteiger charge is -2.14. The van der Waals surface area contributed by atoms with Gasteiger partial charge >= 0.3 is 0 Å². The van der Waals surface area contributed by atoms with E-state index < -0.39 is 12.2 Å². The van der Waals surface area contributed by atoms with Crippen LogP contribution in [0.3, 0.4) is 0 Å². The number of rotatable bonds is 5. The Morgan fingerprint density at radius 2 is 1.80 bits per heavy atom. The Balaban J connectivity index is 3.31. The van der Waals surface area contributed by atoms with Crippen molar-refractivity contribution < 1.29 is 15.3 Å². The topological polar surface area (TPSA) is 60.7 Å². The highest BCUT2D eigenvalue weighted by Gasteiger charge is 2.12. The molecule has 3 nitrogen and oxygen atoms in total. The first kappa shape index (κ1) is 9.88. The monoisotopic (exact) mass is 147 g/mol. The fraction of sp³-hybridized carbons (Fsp3) is 0.857. The van der Waals surface area contributed by atoms with Crippen molar-refractivity contribution >= 4 is 0 Å². The zero-order valence-corrected chi connectivity index (χ0v) is 6.03. The van der Waals surface area contributed by atoms with Crippen LogP contribution in [-0.2, 0) is 0 Å². The SMILES string of the molecule is [CH2]CC(O)C(O)CCCO. The first-order valence-electron chi connectivity index (χ1n) is 3.48. The molecule has 0 saturated heterocycles. The highest BCUT2D eigenvalue weighted by Crippen LogP contribution is 2.04. The van der Waals surface area contributed by atoms with Crippen LogP contribution in [0, 0.1) is 6.92 Å². The van der Waals surface area contributed by atoms with Crippen LogP contribution in [-0.4, -0.2) is 34.1 Å². The van der Waals surface area contributed by atoms with Crippen LogP contribution in [0.1, 0.15) is 19.3 Å². The molecule has 1 radical (unpaired) electrons. The molecule has 0 saturated carbocycles. The summed E-state index contributed by atoms with van der Waals surface area (Å²) in [6, 6.07) is 0. The fourth-order valence-electron chi connectivity index (χ4n) is 0.685. The van der Waals surface area contributed by atoms with E-state index in [1.54, 1.807) is 0 Å². The summed E-state index contributed by atoms with van der Waals surface area (Å²) in [7, 11) is 0. The van der Waals surface area contributed by atoms with E-state index in [-0.39, 0.29) is 6.61 Å². The molecule has 0 aromatic rings. The largest absolute Gasteiger partial charge is 0.396 e. The van der Waals surface area contributed by atoms with Crippen molar-refractivity contribution in [3.63, 3.8) is 0 Å². The van der Waals surface area contributed by atoms with E-state index in [9.17, 15) is 0 Å². The van der Waals surface area contributed by atoms with Gasteiger partial charge in [-0.25, -0.2) is 0 Å². The number of aliphatic hydroxyl groups is 3. The maximum Gasteiger partial charge on any atom is 0.0800 e. The molecule has 0 bridgehead atoms. The van der Waals surface area contributed by atoms with E-state index in [1.807, 2.05) is 0 Å². The highest BCUT2D eigenvalue weighted by atomic mass is 16.3. The van der Waals surface area contributed by atoms with Gasteiger partial charge in [-0.3, -0.25) is 0 Å². The molecule has 0 aliphatic rings. The zero-order valence-electron chi connectivity index (χ0n) is 6.03. The summed E-state index contributed by atoms with van der Waals surface area (Å²) in [5.74, 6) is 0. The van der Waals surface area contributed by atoms with E-state index in [4.69, 9.17) is 15.3 Å². The maximum absolute atomic E-state index is 9.05. The molecule has 0 aromatic heterocycles. The van der Waals surface area contributed by atoms with Crippen LogP contribution in [0.15, 0.2) is 0 Å². The van der Waals surface area contributed by atoms with Gasteiger partial charge < -0.3 is 15.3 Å². The average molecular weight is 147 g/mol. The van der Waals surface area contributed by atoms with Gasteiger partial charge in [0.15, 0.2) is 0 Å². The molecule has 0 amide bonds. The van der Waals surface area contributed by atoms with E-state index >= 15 is 0 Å². The zero-order chi connectivity index (χ0) is 7.98. The quantitative estimate of drug-likeness (QED) is 0.500. The first-order valence-corrected chi connectivity index (χ1v) is 3.48. The van der Waals surface area contributed by atoms with Gasteiger partial charge in [-0.2, -0.15) is 0 Å². The Bertz CT molecular complexity index is 75.3.